The molecule has 0 aliphatic carbocycles. The average Bonchev–Trinajstić information content (AvgIpc) is 2.43. The number of aldehydes is 1. The number of aliphatic hydroxyl groups excluding tert-OH is 3. The van der Waals surface area contributed by atoms with Gasteiger partial charge in [0.25, 0.3) is 5.56 Å². The molecule has 0 unspecified atom stereocenters. The van der Waals surface area contributed by atoms with Crippen molar-refractivity contribution in [3.8, 4) is 0 Å². The largest absolute Gasteiger partial charge is 0.396 e. The molecule has 0 spiro atoms. The number of aromatic nitrogens is 2. The van der Waals surface area contributed by atoms with Gasteiger partial charge in [0.15, 0.2) is 12.0 Å². The Bertz CT molecular complexity index is 607. The van der Waals surface area contributed by atoms with Crippen molar-refractivity contribution in [3.63, 3.8) is 0 Å². The van der Waals surface area contributed by atoms with Crippen molar-refractivity contribution in [2.45, 2.75) is 18.6 Å². The summed E-state index contributed by atoms with van der Waals surface area (Å²) in [5.41, 5.74) is -1.85. The fourth-order valence-corrected chi connectivity index (χ4v) is 1.50. The zero-order valence-electron chi connectivity index (χ0n) is 10.9. The molecule has 6 N–H and O–H groups in total. The van der Waals surface area contributed by atoms with Crippen LogP contribution in [0.5, 0.6) is 0 Å². The van der Waals surface area contributed by atoms with Gasteiger partial charge in [-0.25, -0.2) is 9.79 Å². The predicted molar refractivity (Wildman–Crippen MR) is 74.1 cm³/mol. The smallest absolute Gasteiger partial charge is 0.327 e. The number of H-pyrrole nitrogens is 2. The van der Waals surface area contributed by atoms with E-state index in [-0.39, 0.29) is 31.1 Å². The number of carbonyl (C=O) groups is 1. The molecule has 1 aromatic rings. The highest BCUT2D eigenvalue weighted by atomic mass is 16.3. The molecule has 0 saturated heterocycles. The van der Waals surface area contributed by atoms with Crippen LogP contribution in [0.4, 0.5) is 11.5 Å². The van der Waals surface area contributed by atoms with E-state index in [1.165, 1.54) is 0 Å². The SMILES string of the molecule is O=CC=Nc1c(NC[C@H](O)[C@H](O)CCO)[nH]c(=O)[nH]c1=O. The summed E-state index contributed by atoms with van der Waals surface area (Å²) >= 11 is 0. The van der Waals surface area contributed by atoms with Gasteiger partial charge in [0.05, 0.1) is 18.4 Å². The monoisotopic (exact) mass is 300 g/mol. The second-order valence-electron chi connectivity index (χ2n) is 4.07. The normalized spacial score (nSPS) is 14.0. The van der Waals surface area contributed by atoms with Gasteiger partial charge in [-0.1, -0.05) is 0 Å². The number of aliphatic imine (C=N–C) groups is 1. The fraction of sp³-hybridized carbons (Fsp3) is 0.455. The van der Waals surface area contributed by atoms with Crippen LogP contribution in [0.2, 0.25) is 0 Å². The maximum absolute atomic E-state index is 11.6. The number of anilines is 1. The van der Waals surface area contributed by atoms with E-state index in [1.807, 2.05) is 4.98 Å². The van der Waals surface area contributed by atoms with Gasteiger partial charge in [0, 0.05) is 13.2 Å². The molecule has 0 aromatic carbocycles. The molecule has 1 aromatic heterocycles. The number of hydrogen-bond donors (Lipinski definition) is 6. The zero-order valence-corrected chi connectivity index (χ0v) is 10.9. The van der Waals surface area contributed by atoms with E-state index >= 15 is 0 Å². The Balaban J connectivity index is 2.92. The molecule has 0 bridgehead atoms. The van der Waals surface area contributed by atoms with Gasteiger partial charge in [-0.05, 0) is 6.42 Å². The first-order chi connectivity index (χ1) is 9.99. The maximum atomic E-state index is 11.6. The van der Waals surface area contributed by atoms with Gasteiger partial charge in [-0.2, -0.15) is 0 Å². The summed E-state index contributed by atoms with van der Waals surface area (Å²) in [7, 11) is 0. The van der Waals surface area contributed by atoms with Gasteiger partial charge in [-0.15, -0.1) is 0 Å². The molecule has 0 aliphatic heterocycles. The third kappa shape index (κ3) is 4.95. The van der Waals surface area contributed by atoms with Crippen LogP contribution in [0, 0.1) is 0 Å². The molecule has 0 radical (unpaired) electrons. The van der Waals surface area contributed by atoms with Crippen molar-refractivity contribution in [1.29, 1.82) is 0 Å². The van der Waals surface area contributed by atoms with Crippen LogP contribution >= 0.6 is 0 Å². The first kappa shape index (κ1) is 16.8. The van der Waals surface area contributed by atoms with Crippen molar-refractivity contribution in [1.82, 2.24) is 9.97 Å². The predicted octanol–water partition coefficient (Wildman–Crippen LogP) is -2.52. The second kappa shape index (κ2) is 8.09. The first-order valence-corrected chi connectivity index (χ1v) is 6.05. The number of nitrogens with zero attached hydrogens (tertiary/aromatic N) is 1. The molecular formula is C11H16N4O6. The third-order valence-electron chi connectivity index (χ3n) is 2.54. The Kier molecular flexibility index (Phi) is 6.46. The Labute approximate surface area is 118 Å². The van der Waals surface area contributed by atoms with E-state index < -0.39 is 23.5 Å². The third-order valence-corrected chi connectivity index (χ3v) is 2.54. The van der Waals surface area contributed by atoms with Crippen LogP contribution in [0.25, 0.3) is 0 Å². The van der Waals surface area contributed by atoms with Crippen molar-refractivity contribution in [2.24, 2.45) is 4.99 Å². The lowest BCUT2D eigenvalue weighted by molar-refractivity contribution is -0.102. The van der Waals surface area contributed by atoms with Crippen LogP contribution in [0.15, 0.2) is 14.6 Å². The Morgan fingerprint density at radius 2 is 1.95 bits per heavy atom. The van der Waals surface area contributed by atoms with Crippen LogP contribution in [-0.2, 0) is 4.79 Å². The Morgan fingerprint density at radius 1 is 1.24 bits per heavy atom. The minimum Gasteiger partial charge on any atom is -0.396 e. The van der Waals surface area contributed by atoms with Crippen molar-refractivity contribution in [2.75, 3.05) is 18.5 Å². The van der Waals surface area contributed by atoms with Gasteiger partial charge in [-0.3, -0.25) is 19.6 Å². The summed E-state index contributed by atoms with van der Waals surface area (Å²) in [4.78, 5) is 40.8. The Morgan fingerprint density at radius 3 is 2.57 bits per heavy atom. The maximum Gasteiger partial charge on any atom is 0.327 e. The summed E-state index contributed by atoms with van der Waals surface area (Å²) in [5.74, 6) is -0.0999. The highest BCUT2D eigenvalue weighted by Crippen LogP contribution is 2.14. The van der Waals surface area contributed by atoms with E-state index in [1.54, 1.807) is 0 Å². The summed E-state index contributed by atoms with van der Waals surface area (Å²) in [6.07, 6.45) is -1.24. The molecule has 10 nitrogen and oxygen atoms in total. The second-order valence-corrected chi connectivity index (χ2v) is 4.07. The topological polar surface area (TPSA) is 168 Å². The summed E-state index contributed by atoms with van der Waals surface area (Å²) in [6, 6.07) is 0. The van der Waals surface area contributed by atoms with Gasteiger partial charge in [0.2, 0.25) is 0 Å². The molecule has 1 heterocycles. The molecule has 0 saturated carbocycles. The minimum absolute atomic E-state index is 0.0229. The lowest BCUT2D eigenvalue weighted by Gasteiger charge is -2.18. The van der Waals surface area contributed by atoms with Gasteiger partial charge >= 0.3 is 5.69 Å². The van der Waals surface area contributed by atoms with Gasteiger partial charge in [0.1, 0.15) is 5.82 Å². The van der Waals surface area contributed by atoms with Crippen LogP contribution in [-0.4, -0.2) is 63.1 Å². The lowest BCUT2D eigenvalue weighted by atomic mass is 10.1. The van der Waals surface area contributed by atoms with Crippen LogP contribution in [0.1, 0.15) is 6.42 Å². The van der Waals surface area contributed by atoms with E-state index in [2.05, 4.69) is 15.3 Å². The molecule has 0 fully saturated rings. The number of nitrogens with one attached hydrogen (secondary N) is 3. The van der Waals surface area contributed by atoms with Crippen molar-refractivity contribution in [3.05, 3.63) is 20.8 Å². The molecular weight excluding hydrogens is 284 g/mol. The highest BCUT2D eigenvalue weighted by molar-refractivity contribution is 6.13. The number of hydrogen-bond acceptors (Lipinski definition) is 8. The van der Waals surface area contributed by atoms with E-state index in [9.17, 15) is 24.6 Å². The molecule has 0 aliphatic rings. The highest BCUT2D eigenvalue weighted by Gasteiger charge is 2.16. The van der Waals surface area contributed by atoms with Crippen molar-refractivity contribution >= 4 is 24.0 Å². The average molecular weight is 300 g/mol. The van der Waals surface area contributed by atoms with Gasteiger partial charge < -0.3 is 20.6 Å². The summed E-state index contributed by atoms with van der Waals surface area (Å²) in [6.45, 7) is -0.501. The molecule has 21 heavy (non-hydrogen) atoms. The van der Waals surface area contributed by atoms with E-state index in [0.29, 0.717) is 6.29 Å². The van der Waals surface area contributed by atoms with Crippen LogP contribution < -0.4 is 16.6 Å². The van der Waals surface area contributed by atoms with Crippen molar-refractivity contribution < 1.29 is 20.1 Å². The van der Waals surface area contributed by atoms with E-state index in [4.69, 9.17) is 5.11 Å². The Hall–Kier alpha value is -2.30. The molecule has 1 rings (SSSR count). The summed E-state index contributed by atoms with van der Waals surface area (Å²) in [5, 5.41) is 30.3. The molecule has 2 atom stereocenters. The first-order valence-electron chi connectivity index (χ1n) is 6.05. The quantitative estimate of drug-likeness (QED) is 0.227. The fourth-order valence-electron chi connectivity index (χ4n) is 1.50. The van der Waals surface area contributed by atoms with Crippen LogP contribution in [0.3, 0.4) is 0 Å². The minimum atomic E-state index is -1.23. The number of rotatable bonds is 8. The molecule has 10 heteroatoms. The molecule has 116 valence electrons. The summed E-state index contributed by atoms with van der Waals surface area (Å²) < 4.78 is 0. The zero-order chi connectivity index (χ0) is 15.8. The lowest BCUT2D eigenvalue weighted by Crippen LogP contribution is -2.34. The number of carbonyl (C=O) groups excluding carboxylic acids is 1. The van der Waals surface area contributed by atoms with E-state index in [0.717, 1.165) is 6.21 Å². The number of aromatic amines is 2. The number of aliphatic hydroxyl groups is 3. The molecule has 0 amide bonds. The standard InChI is InChI=1S/C11H16N4O6/c16-3-1-6(18)7(19)5-13-9-8(12-2-4-17)10(20)15-11(21)14-9/h2,4,6-7,16,18-19H,1,3,5H2,(H3,13,14,15,20,21)/t6-,7+/m1/s1.